The summed E-state index contributed by atoms with van der Waals surface area (Å²) in [7, 11) is 1.84. The van der Waals surface area contributed by atoms with E-state index in [-0.39, 0.29) is 45.2 Å². The Morgan fingerprint density at radius 1 is 1.09 bits per heavy atom. The topological polar surface area (TPSA) is 91.0 Å². The standard InChI is InChI=1S/C37H63NO5/c1-22(2)24(5)32(6)16-17-34(8)25-12-13-28-33(7)19-42-21-37(28,26(25)14-15-35(34,9)29(32)31(39)40)18-27(41-11)30(33)43-20-36(10,38)23(3)4/h14,22-25,27-30H,12-13,15-21,38H2,1-11H3,(H,39,40)/t24-,25+,27-,28+,29-,30+,32-,33+,34-,35+,36-,37+/m1/s1. The van der Waals surface area contributed by atoms with Gasteiger partial charge in [-0.1, -0.05) is 74.0 Å². The molecule has 0 unspecified atom stereocenters. The van der Waals surface area contributed by atoms with Crippen LogP contribution in [0.2, 0.25) is 0 Å². The Kier molecular flexibility index (Phi) is 8.40. The summed E-state index contributed by atoms with van der Waals surface area (Å²) in [6.07, 6.45) is 8.36. The van der Waals surface area contributed by atoms with Crippen LogP contribution in [-0.4, -0.2) is 55.8 Å². The quantitative estimate of drug-likeness (QED) is 0.283. The molecule has 3 N–H and O–H groups in total. The molecule has 4 fully saturated rings. The van der Waals surface area contributed by atoms with Crippen LogP contribution in [0.5, 0.6) is 0 Å². The van der Waals surface area contributed by atoms with Crippen LogP contribution in [0.4, 0.5) is 0 Å². The van der Waals surface area contributed by atoms with Crippen LogP contribution in [0.1, 0.15) is 108 Å². The Hall–Kier alpha value is -0.950. The number of nitrogens with two attached hydrogens (primary N) is 1. The number of carboxylic acids is 1. The number of hydrogen-bond acceptors (Lipinski definition) is 5. The van der Waals surface area contributed by atoms with Gasteiger partial charge in [0.2, 0.25) is 0 Å². The lowest BCUT2D eigenvalue weighted by molar-refractivity contribution is -0.269. The van der Waals surface area contributed by atoms with Crippen LogP contribution in [0, 0.1) is 62.6 Å². The first-order valence-corrected chi connectivity index (χ1v) is 17.3. The van der Waals surface area contributed by atoms with Gasteiger partial charge < -0.3 is 25.1 Å². The normalized spacial score (nSPS) is 48.0. The van der Waals surface area contributed by atoms with Crippen LogP contribution < -0.4 is 5.73 Å². The molecule has 3 saturated carbocycles. The number of rotatable bonds is 8. The SMILES string of the molecule is CO[C@@H]1C[C@@]23COC[C@@](C)([C@@H]2CC[C@H]2C3=CC[C@@]3(C)[C@H](C(=O)O)[C@@](C)([C@H](C)C(C)C)CC[C@]23C)[C@H]1OC[C@@](C)(N)C(C)C. The molecule has 6 nitrogen and oxygen atoms in total. The molecule has 1 saturated heterocycles. The molecule has 43 heavy (non-hydrogen) atoms. The Bertz CT molecular complexity index is 1120. The van der Waals surface area contributed by atoms with Gasteiger partial charge in [-0.05, 0) is 91.3 Å². The fraction of sp³-hybridized carbons (Fsp3) is 0.919. The Morgan fingerprint density at radius 2 is 1.77 bits per heavy atom. The maximum absolute atomic E-state index is 13.3. The van der Waals surface area contributed by atoms with Gasteiger partial charge in [0, 0.05) is 23.5 Å². The Morgan fingerprint density at radius 3 is 2.35 bits per heavy atom. The van der Waals surface area contributed by atoms with E-state index in [9.17, 15) is 9.90 Å². The zero-order valence-electron chi connectivity index (χ0n) is 29.2. The van der Waals surface area contributed by atoms with E-state index in [1.807, 2.05) is 7.11 Å². The monoisotopic (exact) mass is 601 g/mol. The van der Waals surface area contributed by atoms with Crippen molar-refractivity contribution in [3.63, 3.8) is 0 Å². The number of aliphatic carboxylic acids is 1. The zero-order valence-corrected chi connectivity index (χ0v) is 29.2. The number of methoxy groups -OCH3 is 1. The predicted octanol–water partition coefficient (Wildman–Crippen LogP) is 7.35. The molecule has 0 radical (unpaired) electrons. The van der Waals surface area contributed by atoms with Gasteiger partial charge in [0.25, 0.3) is 0 Å². The minimum atomic E-state index is -0.605. The molecule has 0 spiro atoms. The van der Waals surface area contributed by atoms with E-state index < -0.39 is 11.5 Å². The number of ether oxygens (including phenoxy) is 3. The van der Waals surface area contributed by atoms with E-state index in [0.29, 0.717) is 42.8 Å². The average molecular weight is 602 g/mol. The number of carbonyl (C=O) groups is 1. The highest BCUT2D eigenvalue weighted by atomic mass is 16.5. The maximum atomic E-state index is 13.3. The summed E-state index contributed by atoms with van der Waals surface area (Å²) in [4.78, 5) is 13.3. The average Bonchev–Trinajstić information content (AvgIpc) is 2.91. The van der Waals surface area contributed by atoms with Gasteiger partial charge in [0.1, 0.15) is 0 Å². The van der Waals surface area contributed by atoms with Crippen molar-refractivity contribution in [2.45, 2.75) is 126 Å². The highest BCUT2D eigenvalue weighted by Gasteiger charge is 2.71. The fourth-order valence-corrected chi connectivity index (χ4v) is 11.5. The van der Waals surface area contributed by atoms with Crippen LogP contribution in [-0.2, 0) is 19.0 Å². The maximum Gasteiger partial charge on any atom is 0.307 e. The van der Waals surface area contributed by atoms with E-state index in [1.54, 1.807) is 5.57 Å². The first kappa shape index (κ1) is 33.4. The third-order valence-corrected chi connectivity index (χ3v) is 15.3. The largest absolute Gasteiger partial charge is 0.481 e. The molecule has 0 aromatic carbocycles. The van der Waals surface area contributed by atoms with Gasteiger partial charge >= 0.3 is 5.97 Å². The third-order valence-electron chi connectivity index (χ3n) is 15.3. The lowest BCUT2D eigenvalue weighted by atomic mass is 9.34. The van der Waals surface area contributed by atoms with Gasteiger partial charge in [-0.2, -0.15) is 0 Å². The van der Waals surface area contributed by atoms with Crippen molar-refractivity contribution in [1.82, 2.24) is 0 Å². The molecule has 1 aliphatic heterocycles. The summed E-state index contributed by atoms with van der Waals surface area (Å²) in [5, 5.41) is 10.9. The third kappa shape index (κ3) is 4.57. The summed E-state index contributed by atoms with van der Waals surface area (Å²) in [5.74, 6) is 0.907. The molecule has 0 aromatic heterocycles. The molecular weight excluding hydrogens is 538 g/mol. The van der Waals surface area contributed by atoms with Crippen molar-refractivity contribution in [2.75, 3.05) is 26.9 Å². The van der Waals surface area contributed by atoms with Crippen LogP contribution in [0.15, 0.2) is 11.6 Å². The van der Waals surface area contributed by atoms with Crippen LogP contribution in [0.3, 0.4) is 0 Å². The van der Waals surface area contributed by atoms with Crippen molar-refractivity contribution >= 4 is 5.97 Å². The second kappa shape index (κ2) is 10.8. The molecule has 1 heterocycles. The number of carboxylic acid groups (broad SMARTS) is 1. The van der Waals surface area contributed by atoms with Gasteiger partial charge in [-0.3, -0.25) is 4.79 Å². The second-order valence-corrected chi connectivity index (χ2v) is 17.7. The molecule has 246 valence electrons. The van der Waals surface area contributed by atoms with Gasteiger partial charge in [-0.25, -0.2) is 0 Å². The minimum Gasteiger partial charge on any atom is -0.481 e. The number of hydrogen-bond donors (Lipinski definition) is 2. The predicted molar refractivity (Wildman–Crippen MR) is 172 cm³/mol. The molecule has 5 rings (SSSR count). The van der Waals surface area contributed by atoms with E-state index in [0.717, 1.165) is 45.1 Å². The molecule has 4 aliphatic carbocycles. The molecular formula is C37H63NO5. The zero-order chi connectivity index (χ0) is 32.0. The second-order valence-electron chi connectivity index (χ2n) is 17.7. The smallest absolute Gasteiger partial charge is 0.307 e. The minimum absolute atomic E-state index is 0.0396. The molecule has 0 aromatic rings. The summed E-state index contributed by atoms with van der Waals surface area (Å²) >= 11 is 0. The molecule has 6 heteroatoms. The lowest BCUT2D eigenvalue weighted by Gasteiger charge is -2.71. The number of allylic oxidation sites excluding steroid dienone is 1. The Balaban J connectivity index is 1.55. The lowest BCUT2D eigenvalue weighted by Crippen LogP contribution is -2.70. The highest BCUT2D eigenvalue weighted by molar-refractivity contribution is 5.73. The molecule has 2 bridgehead atoms. The van der Waals surface area contributed by atoms with Gasteiger partial charge in [0.05, 0.1) is 37.9 Å². The van der Waals surface area contributed by atoms with Crippen molar-refractivity contribution < 1.29 is 24.1 Å². The molecule has 5 aliphatic rings. The summed E-state index contributed by atoms with van der Waals surface area (Å²) in [6, 6.07) is 0. The van der Waals surface area contributed by atoms with E-state index in [1.165, 1.54) is 0 Å². The van der Waals surface area contributed by atoms with Crippen LogP contribution >= 0.6 is 0 Å². The summed E-state index contributed by atoms with van der Waals surface area (Å²) in [6.45, 7) is 24.5. The number of fused-ring (bicyclic) bond motifs is 3. The first-order chi connectivity index (χ1) is 19.9. The van der Waals surface area contributed by atoms with Crippen LogP contribution in [0.25, 0.3) is 0 Å². The fourth-order valence-electron chi connectivity index (χ4n) is 11.5. The van der Waals surface area contributed by atoms with Gasteiger partial charge in [-0.15, -0.1) is 0 Å². The first-order valence-electron chi connectivity index (χ1n) is 17.3. The van der Waals surface area contributed by atoms with E-state index >= 15 is 0 Å². The van der Waals surface area contributed by atoms with Crippen molar-refractivity contribution in [3.05, 3.63) is 11.6 Å². The van der Waals surface area contributed by atoms with Gasteiger partial charge in [0.15, 0.2) is 0 Å². The van der Waals surface area contributed by atoms with Crippen molar-refractivity contribution in [2.24, 2.45) is 68.3 Å². The van der Waals surface area contributed by atoms with Crippen molar-refractivity contribution in [3.8, 4) is 0 Å². The highest BCUT2D eigenvalue weighted by Crippen LogP contribution is 2.75. The molecule has 12 atom stereocenters. The molecule has 0 amide bonds. The summed E-state index contributed by atoms with van der Waals surface area (Å²) in [5.41, 5.74) is 6.91. The van der Waals surface area contributed by atoms with E-state index in [2.05, 4.69) is 75.3 Å². The van der Waals surface area contributed by atoms with E-state index in [4.69, 9.17) is 19.9 Å². The Labute approximate surface area is 262 Å². The summed E-state index contributed by atoms with van der Waals surface area (Å²) < 4.78 is 19.7. The van der Waals surface area contributed by atoms with Crippen molar-refractivity contribution in [1.29, 1.82) is 0 Å².